The Morgan fingerprint density at radius 1 is 0.892 bits per heavy atom. The first-order valence-corrected chi connectivity index (χ1v) is 13.0. The monoisotopic (exact) mass is 500 g/mol. The molecule has 0 aromatic heterocycles. The Kier molecular flexibility index (Phi) is 9.90. The largest absolute Gasteiger partial charge is 0.483 e. The Morgan fingerprint density at radius 3 is 2.24 bits per heavy atom. The van der Waals surface area contributed by atoms with E-state index in [0.29, 0.717) is 31.2 Å². The van der Waals surface area contributed by atoms with Gasteiger partial charge in [-0.05, 0) is 73.1 Å². The van der Waals surface area contributed by atoms with Crippen LogP contribution in [0.4, 0.5) is 0 Å². The summed E-state index contributed by atoms with van der Waals surface area (Å²) in [4.78, 5) is 29.0. The third-order valence-corrected chi connectivity index (χ3v) is 6.67. The van der Waals surface area contributed by atoms with E-state index in [1.165, 1.54) is 0 Å². The van der Waals surface area contributed by atoms with Crippen molar-refractivity contribution in [3.8, 4) is 5.75 Å². The van der Waals surface area contributed by atoms with E-state index in [1.807, 2.05) is 88.4 Å². The van der Waals surface area contributed by atoms with Crippen molar-refractivity contribution in [1.29, 1.82) is 0 Å². The van der Waals surface area contributed by atoms with E-state index in [9.17, 15) is 9.59 Å². The lowest BCUT2D eigenvalue weighted by Crippen LogP contribution is -2.52. The Labute approximate surface area is 221 Å². The maximum absolute atomic E-state index is 13.8. The van der Waals surface area contributed by atoms with Crippen LogP contribution in [0.1, 0.15) is 47.2 Å². The Bertz CT molecular complexity index is 1200. The predicted molar refractivity (Wildman–Crippen MR) is 150 cm³/mol. The molecule has 0 aliphatic heterocycles. The second-order valence-corrected chi connectivity index (χ2v) is 10.3. The minimum absolute atomic E-state index is 0.141. The number of ether oxygens (including phenoxy) is 1. The molecule has 0 fully saturated rings. The molecule has 1 atom stereocenters. The van der Waals surface area contributed by atoms with Gasteiger partial charge in [0.05, 0.1) is 0 Å². The van der Waals surface area contributed by atoms with E-state index in [1.54, 1.807) is 4.90 Å². The first-order chi connectivity index (χ1) is 17.7. The molecule has 0 heterocycles. The molecule has 3 aromatic carbocycles. The molecule has 0 aliphatic rings. The third kappa shape index (κ3) is 7.94. The number of hydrogen-bond donors (Lipinski definition) is 1. The zero-order chi connectivity index (χ0) is 26.9. The first kappa shape index (κ1) is 28.0. The molecule has 3 aromatic rings. The van der Waals surface area contributed by atoms with Gasteiger partial charge in [-0.25, -0.2) is 0 Å². The summed E-state index contributed by atoms with van der Waals surface area (Å²) in [5.41, 5.74) is 6.30. The predicted octanol–water partition coefficient (Wildman–Crippen LogP) is 5.71. The van der Waals surface area contributed by atoms with Crippen molar-refractivity contribution in [2.75, 3.05) is 13.2 Å². The normalized spacial score (nSPS) is 11.8. The molecule has 0 saturated heterocycles. The van der Waals surface area contributed by atoms with Gasteiger partial charge in [0.1, 0.15) is 11.8 Å². The lowest BCUT2D eigenvalue weighted by molar-refractivity contribution is -0.142. The number of nitrogens with one attached hydrogen (secondary N) is 1. The standard InChI is InChI=1S/C32H40N2O3/c1-22(2)19-33-32(36)29(18-27-13-8-7-9-14-27)34(20-28-15-11-10-12-24(28)4)31(35)21-37-30-17-23(3)16-25(5)26(30)6/h7-17,22,29H,18-21H2,1-6H3,(H,33,36). The molecule has 196 valence electrons. The van der Waals surface area contributed by atoms with Gasteiger partial charge < -0.3 is 15.0 Å². The van der Waals surface area contributed by atoms with Crippen LogP contribution in [0.5, 0.6) is 5.75 Å². The number of carbonyl (C=O) groups excluding carboxylic acids is 2. The number of amides is 2. The second kappa shape index (κ2) is 13.1. The van der Waals surface area contributed by atoms with E-state index in [-0.39, 0.29) is 18.4 Å². The summed E-state index contributed by atoms with van der Waals surface area (Å²) in [6.07, 6.45) is 0.422. The molecular weight excluding hydrogens is 460 g/mol. The third-order valence-electron chi connectivity index (χ3n) is 6.67. The highest BCUT2D eigenvalue weighted by molar-refractivity contribution is 5.88. The molecule has 5 heteroatoms. The number of rotatable bonds is 11. The van der Waals surface area contributed by atoms with Crippen molar-refractivity contribution in [2.45, 2.75) is 60.5 Å². The van der Waals surface area contributed by atoms with Crippen molar-refractivity contribution in [2.24, 2.45) is 5.92 Å². The van der Waals surface area contributed by atoms with Crippen LogP contribution < -0.4 is 10.1 Å². The smallest absolute Gasteiger partial charge is 0.261 e. The fourth-order valence-corrected chi connectivity index (χ4v) is 4.32. The Balaban J connectivity index is 1.94. The molecule has 0 bridgehead atoms. The van der Waals surface area contributed by atoms with Crippen LogP contribution in [0, 0.1) is 33.6 Å². The van der Waals surface area contributed by atoms with Crippen LogP contribution in [-0.2, 0) is 22.6 Å². The van der Waals surface area contributed by atoms with E-state index >= 15 is 0 Å². The number of hydrogen-bond acceptors (Lipinski definition) is 3. The van der Waals surface area contributed by atoms with Crippen molar-refractivity contribution in [1.82, 2.24) is 10.2 Å². The molecule has 2 amide bonds. The van der Waals surface area contributed by atoms with E-state index < -0.39 is 6.04 Å². The summed E-state index contributed by atoms with van der Waals surface area (Å²) in [5, 5.41) is 3.06. The molecular formula is C32H40N2O3. The van der Waals surface area contributed by atoms with Crippen LogP contribution in [0.2, 0.25) is 0 Å². The van der Waals surface area contributed by atoms with Crippen LogP contribution in [0.15, 0.2) is 66.7 Å². The molecule has 0 aliphatic carbocycles. The Hall–Kier alpha value is -3.60. The van der Waals surface area contributed by atoms with Crippen LogP contribution in [-0.4, -0.2) is 35.9 Å². The highest BCUT2D eigenvalue weighted by Gasteiger charge is 2.31. The van der Waals surface area contributed by atoms with Crippen molar-refractivity contribution in [3.05, 3.63) is 100 Å². The molecule has 1 unspecified atom stereocenters. The van der Waals surface area contributed by atoms with Gasteiger partial charge in [0.2, 0.25) is 5.91 Å². The van der Waals surface area contributed by atoms with E-state index in [2.05, 4.69) is 25.2 Å². The van der Waals surface area contributed by atoms with Gasteiger partial charge in [0.25, 0.3) is 5.91 Å². The van der Waals surface area contributed by atoms with E-state index in [0.717, 1.165) is 33.4 Å². The summed E-state index contributed by atoms with van der Waals surface area (Å²) in [6, 6.07) is 21.2. The van der Waals surface area contributed by atoms with Gasteiger partial charge in [-0.3, -0.25) is 9.59 Å². The van der Waals surface area contributed by atoms with Crippen LogP contribution in [0.25, 0.3) is 0 Å². The zero-order valence-corrected chi connectivity index (χ0v) is 23.0. The highest BCUT2D eigenvalue weighted by Crippen LogP contribution is 2.24. The average Bonchev–Trinajstić information content (AvgIpc) is 2.87. The lowest BCUT2D eigenvalue weighted by atomic mass is 10.0. The van der Waals surface area contributed by atoms with Gasteiger partial charge >= 0.3 is 0 Å². The van der Waals surface area contributed by atoms with Gasteiger partial charge in [-0.2, -0.15) is 0 Å². The Morgan fingerprint density at radius 2 is 1.57 bits per heavy atom. The van der Waals surface area contributed by atoms with Crippen molar-refractivity contribution >= 4 is 11.8 Å². The molecule has 3 rings (SSSR count). The minimum atomic E-state index is -0.669. The molecule has 37 heavy (non-hydrogen) atoms. The number of aryl methyl sites for hydroxylation is 3. The molecule has 1 N–H and O–H groups in total. The molecule has 0 radical (unpaired) electrons. The second-order valence-electron chi connectivity index (χ2n) is 10.3. The van der Waals surface area contributed by atoms with Gasteiger partial charge in [0, 0.05) is 19.5 Å². The lowest BCUT2D eigenvalue weighted by Gasteiger charge is -2.32. The fourth-order valence-electron chi connectivity index (χ4n) is 4.32. The topological polar surface area (TPSA) is 58.6 Å². The number of benzene rings is 3. The summed E-state index contributed by atoms with van der Waals surface area (Å²) < 4.78 is 6.06. The highest BCUT2D eigenvalue weighted by atomic mass is 16.5. The zero-order valence-electron chi connectivity index (χ0n) is 23.0. The van der Waals surface area contributed by atoms with Crippen LogP contribution in [0.3, 0.4) is 0 Å². The average molecular weight is 501 g/mol. The first-order valence-electron chi connectivity index (χ1n) is 13.0. The van der Waals surface area contributed by atoms with E-state index in [4.69, 9.17) is 4.74 Å². The SMILES string of the molecule is Cc1cc(C)c(C)c(OCC(=O)N(Cc2ccccc2C)C(Cc2ccccc2)C(=O)NCC(C)C)c1. The quantitative estimate of drug-likeness (QED) is 0.367. The maximum atomic E-state index is 13.8. The number of carbonyl (C=O) groups is 2. The van der Waals surface area contributed by atoms with Crippen LogP contribution >= 0.6 is 0 Å². The molecule has 5 nitrogen and oxygen atoms in total. The molecule has 0 saturated carbocycles. The number of nitrogens with zero attached hydrogens (tertiary/aromatic N) is 1. The maximum Gasteiger partial charge on any atom is 0.261 e. The minimum Gasteiger partial charge on any atom is -0.483 e. The van der Waals surface area contributed by atoms with Crippen molar-refractivity contribution in [3.63, 3.8) is 0 Å². The summed E-state index contributed by atoms with van der Waals surface area (Å²) >= 11 is 0. The van der Waals surface area contributed by atoms with Crippen molar-refractivity contribution < 1.29 is 14.3 Å². The van der Waals surface area contributed by atoms with Gasteiger partial charge in [-0.15, -0.1) is 0 Å². The summed E-state index contributed by atoms with van der Waals surface area (Å²) in [5.74, 6) is 0.632. The fraction of sp³-hybridized carbons (Fsp3) is 0.375. The summed E-state index contributed by atoms with van der Waals surface area (Å²) in [6.45, 7) is 12.9. The summed E-state index contributed by atoms with van der Waals surface area (Å²) in [7, 11) is 0. The van der Waals surface area contributed by atoms with Gasteiger partial charge in [-0.1, -0.05) is 74.5 Å². The van der Waals surface area contributed by atoms with Gasteiger partial charge in [0.15, 0.2) is 6.61 Å². The molecule has 0 spiro atoms.